The fourth-order valence-electron chi connectivity index (χ4n) is 0.868. The Morgan fingerprint density at radius 1 is 1.55 bits per heavy atom. The van der Waals surface area contributed by atoms with Crippen LogP contribution in [0.2, 0.25) is 0 Å². The lowest BCUT2D eigenvalue weighted by atomic mass is 10.2. The molecule has 1 atom stereocenters. The Balaban J connectivity index is 3.27. The fourth-order valence-corrected chi connectivity index (χ4v) is 0.868. The van der Waals surface area contributed by atoms with Crippen LogP contribution in [0, 0.1) is 0 Å². The molecule has 0 aromatic rings. The van der Waals surface area contributed by atoms with Crippen molar-refractivity contribution in [3.8, 4) is 0 Å². The van der Waals surface area contributed by atoms with Crippen LogP contribution in [0.1, 0.15) is 13.3 Å². The topological polar surface area (TPSA) is 38.5 Å². The SMILES string of the molecule is CCC(N)CN(C)CCOC. The van der Waals surface area contributed by atoms with Crippen LogP contribution in [0.5, 0.6) is 0 Å². The number of likely N-dealkylation sites (N-methyl/N-ethyl adjacent to an activating group) is 1. The van der Waals surface area contributed by atoms with Gasteiger partial charge in [-0.15, -0.1) is 0 Å². The first kappa shape index (κ1) is 10.9. The van der Waals surface area contributed by atoms with Gasteiger partial charge in [-0.3, -0.25) is 0 Å². The molecule has 0 aromatic carbocycles. The Kier molecular flexibility index (Phi) is 6.51. The van der Waals surface area contributed by atoms with Crippen molar-refractivity contribution in [2.75, 3.05) is 33.9 Å². The predicted octanol–water partition coefficient (Wildman–Crippen LogP) is 0.302. The second kappa shape index (κ2) is 6.58. The third-order valence-electron chi connectivity index (χ3n) is 1.75. The van der Waals surface area contributed by atoms with Crippen LogP contribution in [0.15, 0.2) is 0 Å². The Morgan fingerprint density at radius 3 is 2.64 bits per heavy atom. The lowest BCUT2D eigenvalue weighted by molar-refractivity contribution is 0.158. The van der Waals surface area contributed by atoms with Crippen LogP contribution in [0.3, 0.4) is 0 Å². The molecular formula is C8H20N2O. The summed E-state index contributed by atoms with van der Waals surface area (Å²) in [6, 6.07) is 0.303. The largest absolute Gasteiger partial charge is 0.383 e. The van der Waals surface area contributed by atoms with Gasteiger partial charge in [0.1, 0.15) is 0 Å². The highest BCUT2D eigenvalue weighted by molar-refractivity contribution is 4.63. The van der Waals surface area contributed by atoms with E-state index in [1.165, 1.54) is 0 Å². The molecule has 0 aromatic heterocycles. The summed E-state index contributed by atoms with van der Waals surface area (Å²) in [7, 11) is 3.78. The summed E-state index contributed by atoms with van der Waals surface area (Å²) in [5.41, 5.74) is 5.76. The molecule has 0 rings (SSSR count). The lowest BCUT2D eigenvalue weighted by Crippen LogP contribution is -2.36. The first-order valence-electron chi connectivity index (χ1n) is 4.13. The van der Waals surface area contributed by atoms with Gasteiger partial charge in [0.25, 0.3) is 0 Å². The molecule has 0 radical (unpaired) electrons. The van der Waals surface area contributed by atoms with Gasteiger partial charge in [0, 0.05) is 26.2 Å². The number of nitrogens with two attached hydrogens (primary N) is 1. The van der Waals surface area contributed by atoms with Crippen LogP contribution in [0.25, 0.3) is 0 Å². The molecule has 3 heteroatoms. The summed E-state index contributed by atoms with van der Waals surface area (Å²) in [5, 5.41) is 0. The normalized spacial score (nSPS) is 13.9. The molecule has 0 bridgehead atoms. The Morgan fingerprint density at radius 2 is 2.18 bits per heavy atom. The molecule has 0 spiro atoms. The van der Waals surface area contributed by atoms with Crippen molar-refractivity contribution >= 4 is 0 Å². The quantitative estimate of drug-likeness (QED) is 0.607. The van der Waals surface area contributed by atoms with Crippen molar-refractivity contribution in [3.63, 3.8) is 0 Å². The first-order valence-corrected chi connectivity index (χ1v) is 4.13. The van der Waals surface area contributed by atoms with Gasteiger partial charge in [0.05, 0.1) is 6.61 Å². The third-order valence-corrected chi connectivity index (χ3v) is 1.75. The summed E-state index contributed by atoms with van der Waals surface area (Å²) in [5.74, 6) is 0. The highest BCUT2D eigenvalue weighted by Crippen LogP contribution is 1.90. The Bertz CT molecular complexity index is 88.2. The monoisotopic (exact) mass is 160 g/mol. The van der Waals surface area contributed by atoms with Crippen LogP contribution >= 0.6 is 0 Å². The number of hydrogen-bond donors (Lipinski definition) is 1. The molecule has 0 aliphatic heterocycles. The molecule has 11 heavy (non-hydrogen) atoms. The number of hydrogen-bond acceptors (Lipinski definition) is 3. The highest BCUT2D eigenvalue weighted by Gasteiger charge is 2.02. The molecule has 68 valence electrons. The summed E-state index contributed by atoms with van der Waals surface area (Å²) >= 11 is 0. The average Bonchev–Trinajstić information content (AvgIpc) is 2.00. The minimum Gasteiger partial charge on any atom is -0.383 e. The van der Waals surface area contributed by atoms with E-state index < -0.39 is 0 Å². The number of nitrogens with zero attached hydrogens (tertiary/aromatic N) is 1. The smallest absolute Gasteiger partial charge is 0.0589 e. The third kappa shape index (κ3) is 6.28. The van der Waals surface area contributed by atoms with Crippen molar-refractivity contribution in [1.82, 2.24) is 4.90 Å². The van der Waals surface area contributed by atoms with E-state index in [0.29, 0.717) is 6.04 Å². The molecule has 0 saturated heterocycles. The predicted molar refractivity (Wildman–Crippen MR) is 47.6 cm³/mol. The maximum absolute atomic E-state index is 5.76. The van der Waals surface area contributed by atoms with Gasteiger partial charge in [-0.25, -0.2) is 0 Å². The fraction of sp³-hybridized carbons (Fsp3) is 1.00. The van der Waals surface area contributed by atoms with Crippen molar-refractivity contribution in [2.24, 2.45) is 5.73 Å². The standard InChI is InChI=1S/C8H20N2O/c1-4-8(9)7-10(2)5-6-11-3/h8H,4-7,9H2,1-3H3. The van der Waals surface area contributed by atoms with Crippen molar-refractivity contribution in [2.45, 2.75) is 19.4 Å². The van der Waals surface area contributed by atoms with Gasteiger partial charge in [0.2, 0.25) is 0 Å². The minimum absolute atomic E-state index is 0.303. The Labute approximate surface area is 69.5 Å². The number of methoxy groups -OCH3 is 1. The van der Waals surface area contributed by atoms with E-state index in [0.717, 1.165) is 26.1 Å². The molecule has 3 nitrogen and oxygen atoms in total. The van der Waals surface area contributed by atoms with E-state index in [4.69, 9.17) is 10.5 Å². The van der Waals surface area contributed by atoms with E-state index in [9.17, 15) is 0 Å². The van der Waals surface area contributed by atoms with Gasteiger partial charge in [-0.1, -0.05) is 6.92 Å². The van der Waals surface area contributed by atoms with Crippen molar-refractivity contribution < 1.29 is 4.74 Å². The molecule has 0 amide bonds. The zero-order chi connectivity index (χ0) is 8.69. The molecule has 2 N–H and O–H groups in total. The van der Waals surface area contributed by atoms with E-state index in [2.05, 4.69) is 18.9 Å². The van der Waals surface area contributed by atoms with Gasteiger partial charge in [-0.2, -0.15) is 0 Å². The summed E-state index contributed by atoms with van der Waals surface area (Å²) in [4.78, 5) is 2.19. The second-order valence-electron chi connectivity index (χ2n) is 2.92. The van der Waals surface area contributed by atoms with Crippen molar-refractivity contribution in [3.05, 3.63) is 0 Å². The zero-order valence-corrected chi connectivity index (χ0v) is 7.84. The summed E-state index contributed by atoms with van der Waals surface area (Å²) < 4.78 is 4.95. The second-order valence-corrected chi connectivity index (χ2v) is 2.92. The maximum Gasteiger partial charge on any atom is 0.0589 e. The molecule has 0 fully saturated rings. The van der Waals surface area contributed by atoms with E-state index in [1.54, 1.807) is 7.11 Å². The maximum atomic E-state index is 5.76. The van der Waals surface area contributed by atoms with Gasteiger partial charge in [-0.05, 0) is 13.5 Å². The minimum atomic E-state index is 0.303. The molecule has 1 unspecified atom stereocenters. The van der Waals surface area contributed by atoms with Crippen LogP contribution < -0.4 is 5.73 Å². The van der Waals surface area contributed by atoms with Gasteiger partial charge >= 0.3 is 0 Å². The van der Waals surface area contributed by atoms with Crippen LogP contribution in [-0.2, 0) is 4.74 Å². The van der Waals surface area contributed by atoms with E-state index in [-0.39, 0.29) is 0 Å². The molecule has 0 aliphatic rings. The first-order chi connectivity index (χ1) is 5.20. The van der Waals surface area contributed by atoms with Crippen LogP contribution in [0.4, 0.5) is 0 Å². The molecule has 0 saturated carbocycles. The van der Waals surface area contributed by atoms with Gasteiger partial charge in [0.15, 0.2) is 0 Å². The summed E-state index contributed by atoms with van der Waals surface area (Å²) in [6.45, 7) is 4.81. The molecule has 0 aliphatic carbocycles. The van der Waals surface area contributed by atoms with E-state index in [1.807, 2.05) is 0 Å². The van der Waals surface area contributed by atoms with E-state index >= 15 is 0 Å². The number of rotatable bonds is 6. The number of ether oxygens (including phenoxy) is 1. The van der Waals surface area contributed by atoms with Crippen molar-refractivity contribution in [1.29, 1.82) is 0 Å². The molecular weight excluding hydrogens is 140 g/mol. The van der Waals surface area contributed by atoms with Gasteiger partial charge < -0.3 is 15.4 Å². The average molecular weight is 160 g/mol. The molecule has 0 heterocycles. The zero-order valence-electron chi connectivity index (χ0n) is 7.84. The van der Waals surface area contributed by atoms with Crippen LogP contribution in [-0.4, -0.2) is 44.8 Å². The summed E-state index contributed by atoms with van der Waals surface area (Å²) in [6.07, 6.45) is 1.04. The Hall–Kier alpha value is -0.120. The highest BCUT2D eigenvalue weighted by atomic mass is 16.5. The lowest BCUT2D eigenvalue weighted by Gasteiger charge is -2.19.